The molecule has 0 aliphatic carbocycles. The molecule has 0 aliphatic heterocycles. The average molecular weight is 194 g/mol. The van der Waals surface area contributed by atoms with Crippen LogP contribution in [-0.4, -0.2) is 38.0 Å². The van der Waals surface area contributed by atoms with E-state index in [1.54, 1.807) is 0 Å². The number of aliphatic hydroxyl groups excluding tert-OH is 1. The van der Waals surface area contributed by atoms with Gasteiger partial charge in [-0.25, -0.2) is 4.98 Å². The van der Waals surface area contributed by atoms with Gasteiger partial charge in [0.1, 0.15) is 6.33 Å². The summed E-state index contributed by atoms with van der Waals surface area (Å²) in [5.41, 5.74) is 0. The zero-order chi connectivity index (χ0) is 8.10. The second-order valence-corrected chi connectivity index (χ2v) is 3.23. The summed E-state index contributed by atoms with van der Waals surface area (Å²) < 4.78 is 0. The molecule has 0 spiro atoms. The van der Waals surface area contributed by atoms with Gasteiger partial charge in [-0.05, 0) is 0 Å². The number of hydrogen-bond donors (Lipinski definition) is 2. The number of nitrogens with zero attached hydrogens (tertiary/aromatic N) is 2. The highest BCUT2D eigenvalue weighted by atomic mass is 35.5. The van der Waals surface area contributed by atoms with Crippen LogP contribution in [-0.2, 0) is 0 Å². The third-order valence-electron chi connectivity index (χ3n) is 0.983. The number of halogens is 1. The number of aromatic amines is 1. The highest BCUT2D eigenvalue weighted by Crippen LogP contribution is 2.12. The van der Waals surface area contributed by atoms with Gasteiger partial charge >= 0.3 is 0 Å². The molecule has 62 valence electrons. The maximum atomic E-state index is 9.04. The predicted octanol–water partition coefficient (Wildman–Crippen LogP) is 0.496. The molecule has 0 radical (unpaired) electrons. The highest BCUT2D eigenvalue weighted by molar-refractivity contribution is 7.99. The van der Waals surface area contributed by atoms with Crippen molar-refractivity contribution in [2.24, 2.45) is 0 Å². The fourth-order valence-corrected chi connectivity index (χ4v) is 1.43. The Morgan fingerprint density at radius 1 is 1.82 bits per heavy atom. The van der Waals surface area contributed by atoms with Gasteiger partial charge in [0.25, 0.3) is 0 Å². The molecule has 0 aromatic carbocycles. The average Bonchev–Trinajstić information content (AvgIpc) is 2.52. The summed E-state index contributed by atoms with van der Waals surface area (Å²) in [7, 11) is 0. The molecular formula is C5H8ClN3OS. The van der Waals surface area contributed by atoms with E-state index in [-0.39, 0.29) is 5.88 Å². The summed E-state index contributed by atoms with van der Waals surface area (Å²) in [6.07, 6.45) is 0.946. The van der Waals surface area contributed by atoms with Gasteiger partial charge < -0.3 is 5.11 Å². The second kappa shape index (κ2) is 4.58. The van der Waals surface area contributed by atoms with Gasteiger partial charge in [0, 0.05) is 11.6 Å². The molecule has 1 aromatic heterocycles. The minimum absolute atomic E-state index is 0.251. The molecule has 1 atom stereocenters. The Labute approximate surface area is 73.4 Å². The van der Waals surface area contributed by atoms with Crippen LogP contribution in [0.2, 0.25) is 0 Å². The molecule has 0 amide bonds. The van der Waals surface area contributed by atoms with E-state index in [1.807, 2.05) is 0 Å². The maximum Gasteiger partial charge on any atom is 0.183 e. The lowest BCUT2D eigenvalue weighted by atomic mass is 10.5. The van der Waals surface area contributed by atoms with Gasteiger partial charge in [-0.2, -0.15) is 5.10 Å². The van der Waals surface area contributed by atoms with Gasteiger partial charge in [-0.15, -0.1) is 11.6 Å². The fraction of sp³-hybridized carbons (Fsp3) is 0.600. The van der Waals surface area contributed by atoms with Crippen LogP contribution >= 0.6 is 23.4 Å². The van der Waals surface area contributed by atoms with Crippen LogP contribution in [0.3, 0.4) is 0 Å². The Bertz CT molecular complexity index is 194. The summed E-state index contributed by atoms with van der Waals surface area (Å²) in [6, 6.07) is 0. The number of alkyl halides is 1. The van der Waals surface area contributed by atoms with Crippen molar-refractivity contribution in [2.75, 3.05) is 11.6 Å². The van der Waals surface area contributed by atoms with Crippen LogP contribution in [0.1, 0.15) is 0 Å². The van der Waals surface area contributed by atoms with Gasteiger partial charge in [0.15, 0.2) is 5.16 Å². The van der Waals surface area contributed by atoms with Gasteiger partial charge in [-0.3, -0.25) is 5.10 Å². The number of nitrogens with one attached hydrogen (secondary N) is 1. The Morgan fingerprint density at radius 3 is 3.18 bits per heavy atom. The highest BCUT2D eigenvalue weighted by Gasteiger charge is 2.03. The molecule has 0 bridgehead atoms. The van der Waals surface area contributed by atoms with Crippen LogP contribution in [0.25, 0.3) is 0 Å². The first-order valence-electron chi connectivity index (χ1n) is 3.05. The second-order valence-electron chi connectivity index (χ2n) is 1.91. The van der Waals surface area contributed by atoms with Crippen LogP contribution in [0.4, 0.5) is 0 Å². The topological polar surface area (TPSA) is 61.8 Å². The summed E-state index contributed by atoms with van der Waals surface area (Å²) in [5.74, 6) is 0.791. The zero-order valence-electron chi connectivity index (χ0n) is 5.70. The van der Waals surface area contributed by atoms with Crippen LogP contribution < -0.4 is 0 Å². The standard InChI is InChI=1S/C5H8ClN3OS/c6-1-4(10)2-11-5-7-3-8-9-5/h3-4,10H,1-2H2,(H,7,8,9). The molecule has 0 saturated carbocycles. The minimum atomic E-state index is -0.480. The molecule has 0 saturated heterocycles. The number of rotatable bonds is 4. The first kappa shape index (κ1) is 8.83. The van der Waals surface area contributed by atoms with Crippen molar-refractivity contribution < 1.29 is 5.11 Å². The summed E-state index contributed by atoms with van der Waals surface area (Å²) in [6.45, 7) is 0. The zero-order valence-corrected chi connectivity index (χ0v) is 7.27. The van der Waals surface area contributed by atoms with Crippen molar-refractivity contribution in [3.05, 3.63) is 6.33 Å². The Balaban J connectivity index is 2.23. The lowest BCUT2D eigenvalue weighted by Gasteiger charge is -2.02. The lowest BCUT2D eigenvalue weighted by molar-refractivity contribution is 0.223. The summed E-state index contributed by atoms with van der Waals surface area (Å²) in [5, 5.41) is 16.1. The van der Waals surface area contributed by atoms with Gasteiger partial charge in [-0.1, -0.05) is 11.8 Å². The molecule has 1 aromatic rings. The van der Waals surface area contributed by atoms with Crippen molar-refractivity contribution in [3.8, 4) is 0 Å². The summed E-state index contributed by atoms with van der Waals surface area (Å²) >= 11 is 6.78. The van der Waals surface area contributed by atoms with E-state index < -0.39 is 6.10 Å². The third kappa shape index (κ3) is 3.09. The fourth-order valence-electron chi connectivity index (χ4n) is 0.483. The monoisotopic (exact) mass is 193 g/mol. The van der Waals surface area contributed by atoms with E-state index in [1.165, 1.54) is 18.1 Å². The molecule has 1 rings (SSSR count). The minimum Gasteiger partial charge on any atom is -0.391 e. The molecule has 11 heavy (non-hydrogen) atoms. The largest absolute Gasteiger partial charge is 0.391 e. The lowest BCUT2D eigenvalue weighted by Crippen LogP contribution is -2.11. The number of thioether (sulfide) groups is 1. The number of aromatic nitrogens is 3. The van der Waals surface area contributed by atoms with Crippen molar-refractivity contribution in [1.29, 1.82) is 0 Å². The SMILES string of the molecule is OC(CCl)CSc1ncn[nH]1. The van der Waals surface area contributed by atoms with Crippen molar-refractivity contribution in [1.82, 2.24) is 15.2 Å². The molecule has 2 N–H and O–H groups in total. The molecule has 1 heterocycles. The normalized spacial score (nSPS) is 13.3. The van der Waals surface area contributed by atoms with Crippen molar-refractivity contribution in [3.63, 3.8) is 0 Å². The molecule has 0 aliphatic rings. The number of hydrogen-bond acceptors (Lipinski definition) is 4. The quantitative estimate of drug-likeness (QED) is 0.540. The molecular weight excluding hydrogens is 186 g/mol. The van der Waals surface area contributed by atoms with E-state index in [0.29, 0.717) is 10.9 Å². The number of H-pyrrole nitrogens is 1. The predicted molar refractivity (Wildman–Crippen MR) is 43.8 cm³/mol. The third-order valence-corrected chi connectivity index (χ3v) is 2.36. The Morgan fingerprint density at radius 2 is 2.64 bits per heavy atom. The number of aliphatic hydroxyl groups is 1. The Kier molecular flexibility index (Phi) is 3.68. The first-order valence-corrected chi connectivity index (χ1v) is 4.57. The van der Waals surface area contributed by atoms with Crippen LogP contribution in [0, 0.1) is 0 Å². The first-order chi connectivity index (χ1) is 5.33. The molecule has 0 fully saturated rings. The molecule has 6 heteroatoms. The van der Waals surface area contributed by atoms with Gasteiger partial charge in [0.2, 0.25) is 0 Å². The van der Waals surface area contributed by atoms with E-state index >= 15 is 0 Å². The van der Waals surface area contributed by atoms with E-state index in [2.05, 4.69) is 15.2 Å². The smallest absolute Gasteiger partial charge is 0.183 e. The molecule has 1 unspecified atom stereocenters. The van der Waals surface area contributed by atoms with Gasteiger partial charge in [0.05, 0.1) is 6.10 Å². The van der Waals surface area contributed by atoms with E-state index in [0.717, 1.165) is 0 Å². The van der Waals surface area contributed by atoms with E-state index in [9.17, 15) is 0 Å². The molecule has 4 nitrogen and oxygen atoms in total. The maximum absolute atomic E-state index is 9.04. The van der Waals surface area contributed by atoms with Crippen molar-refractivity contribution >= 4 is 23.4 Å². The van der Waals surface area contributed by atoms with E-state index in [4.69, 9.17) is 16.7 Å². The van der Waals surface area contributed by atoms with Crippen LogP contribution in [0.15, 0.2) is 11.5 Å². The Hall–Kier alpha value is -0.260. The van der Waals surface area contributed by atoms with Crippen LogP contribution in [0.5, 0.6) is 0 Å². The summed E-state index contributed by atoms with van der Waals surface area (Å²) in [4.78, 5) is 3.86. The van der Waals surface area contributed by atoms with Crippen molar-refractivity contribution in [2.45, 2.75) is 11.3 Å².